The van der Waals surface area contributed by atoms with E-state index in [2.05, 4.69) is 117 Å². The largest absolute Gasteiger partial charge is 0.371 e. The monoisotopic (exact) mass is 747 g/mol. The number of nitrogens with zero attached hydrogens (tertiary/aromatic N) is 2. The lowest BCUT2D eigenvalue weighted by atomic mass is 9.78. The highest BCUT2D eigenvalue weighted by Gasteiger charge is 2.31. The predicted octanol–water partition coefficient (Wildman–Crippen LogP) is 13.4. The van der Waals surface area contributed by atoms with Crippen molar-refractivity contribution < 1.29 is 13.0 Å². The SMILES string of the molecule is CCCCN(CCCC)c1c(C(C)C)cc(C(c2cc(C(C)C)c(N(CCCC)CCCC)c(C(C)C)c2)c2ccccc2S(=O)(=O)O)cc1C(C)C. The fourth-order valence-corrected chi connectivity index (χ4v) is 8.54. The van der Waals surface area contributed by atoms with E-state index >= 15 is 0 Å². The molecule has 0 radical (unpaired) electrons. The average Bonchev–Trinajstić information content (AvgIpc) is 3.11. The van der Waals surface area contributed by atoms with Crippen molar-refractivity contribution in [2.24, 2.45) is 0 Å². The average molecular weight is 747 g/mol. The maximum atomic E-state index is 13.2. The molecule has 1 N–H and O–H groups in total. The van der Waals surface area contributed by atoms with Crippen LogP contribution in [-0.2, 0) is 10.1 Å². The molecule has 0 aromatic heterocycles. The summed E-state index contributed by atoms with van der Waals surface area (Å²) in [6, 6.07) is 16.6. The van der Waals surface area contributed by atoms with Gasteiger partial charge in [-0.25, -0.2) is 0 Å². The van der Waals surface area contributed by atoms with E-state index in [4.69, 9.17) is 0 Å². The summed E-state index contributed by atoms with van der Waals surface area (Å²) in [4.78, 5) is 5.24. The first-order chi connectivity index (χ1) is 25.1. The molecule has 0 spiro atoms. The smallest absolute Gasteiger partial charge is 0.294 e. The minimum atomic E-state index is -4.50. The molecular weight excluding hydrogens is 673 g/mol. The van der Waals surface area contributed by atoms with Gasteiger partial charge < -0.3 is 9.80 Å². The second-order valence-corrected chi connectivity index (χ2v) is 17.9. The van der Waals surface area contributed by atoms with Crippen LogP contribution in [0.1, 0.15) is 203 Å². The second-order valence-electron chi connectivity index (χ2n) is 16.5. The molecule has 0 aliphatic carbocycles. The van der Waals surface area contributed by atoms with E-state index in [1.165, 1.54) is 33.6 Å². The molecule has 0 bridgehead atoms. The Bertz CT molecular complexity index is 1530. The lowest BCUT2D eigenvalue weighted by Crippen LogP contribution is -2.29. The van der Waals surface area contributed by atoms with Crippen molar-refractivity contribution in [2.75, 3.05) is 36.0 Å². The van der Waals surface area contributed by atoms with Crippen molar-refractivity contribution in [1.29, 1.82) is 0 Å². The van der Waals surface area contributed by atoms with Gasteiger partial charge in [0.25, 0.3) is 10.1 Å². The molecule has 0 unspecified atom stereocenters. The number of rotatable bonds is 22. The standard InChI is InChI=1S/C47H74N2O3S/c1-13-17-25-48(26-18-14-2)46-40(33(5)6)29-37(30-41(46)34(7)8)45(39-23-21-22-24-44(39)53(50,51)52)38-31-42(35(9)10)47(43(32-38)36(11)12)49(27-19-15-3)28-20-16-4/h21-24,29-36,45H,13-20,25-28H2,1-12H3,(H,50,51,52). The maximum absolute atomic E-state index is 13.2. The van der Waals surface area contributed by atoms with E-state index in [1.807, 2.05) is 12.1 Å². The molecule has 0 saturated heterocycles. The Morgan fingerprint density at radius 1 is 0.509 bits per heavy atom. The predicted molar refractivity (Wildman–Crippen MR) is 230 cm³/mol. The molecule has 0 fully saturated rings. The van der Waals surface area contributed by atoms with Gasteiger partial charge in [0, 0.05) is 43.5 Å². The van der Waals surface area contributed by atoms with Gasteiger partial charge in [-0.3, -0.25) is 4.55 Å². The summed E-state index contributed by atoms with van der Waals surface area (Å²) in [5, 5.41) is 0. The number of hydrogen-bond acceptors (Lipinski definition) is 4. The van der Waals surface area contributed by atoms with E-state index in [-0.39, 0.29) is 28.6 Å². The molecule has 0 heterocycles. The number of hydrogen-bond donors (Lipinski definition) is 1. The minimum absolute atomic E-state index is 0.0208. The molecule has 0 aliphatic heterocycles. The second kappa shape index (κ2) is 20.7. The van der Waals surface area contributed by atoms with Crippen molar-refractivity contribution in [3.05, 3.63) is 87.5 Å². The first kappa shape index (κ1) is 44.6. The summed E-state index contributed by atoms with van der Waals surface area (Å²) in [5.41, 5.74) is 10.7. The van der Waals surface area contributed by atoms with Crippen LogP contribution in [-0.4, -0.2) is 39.1 Å². The Morgan fingerprint density at radius 3 is 1.08 bits per heavy atom. The van der Waals surface area contributed by atoms with Crippen molar-refractivity contribution in [3.8, 4) is 0 Å². The van der Waals surface area contributed by atoms with Crippen LogP contribution in [0.3, 0.4) is 0 Å². The molecular formula is C47H74N2O3S. The van der Waals surface area contributed by atoms with Gasteiger partial charge in [-0.2, -0.15) is 8.42 Å². The first-order valence-electron chi connectivity index (χ1n) is 21.0. The van der Waals surface area contributed by atoms with Gasteiger partial charge in [-0.1, -0.05) is 151 Å². The topological polar surface area (TPSA) is 60.9 Å². The van der Waals surface area contributed by atoms with Gasteiger partial charge in [-0.05, 0) is 94.4 Å². The third-order valence-corrected chi connectivity index (χ3v) is 11.7. The third kappa shape index (κ3) is 11.4. The highest BCUT2D eigenvalue weighted by molar-refractivity contribution is 7.85. The van der Waals surface area contributed by atoms with Gasteiger partial charge in [0.2, 0.25) is 0 Å². The lowest BCUT2D eigenvalue weighted by molar-refractivity contribution is 0.482. The summed E-state index contributed by atoms with van der Waals surface area (Å²) >= 11 is 0. The van der Waals surface area contributed by atoms with Crippen molar-refractivity contribution in [2.45, 2.75) is 169 Å². The molecule has 3 aromatic rings. The fraction of sp³-hybridized carbons (Fsp3) is 0.617. The van der Waals surface area contributed by atoms with Gasteiger partial charge in [0.15, 0.2) is 0 Å². The molecule has 3 rings (SSSR count). The quantitative estimate of drug-likeness (QED) is 0.0819. The van der Waals surface area contributed by atoms with E-state index in [1.54, 1.807) is 12.1 Å². The first-order valence-corrected chi connectivity index (χ1v) is 22.5. The van der Waals surface area contributed by atoms with Crippen LogP contribution in [0.5, 0.6) is 0 Å². The van der Waals surface area contributed by atoms with E-state index in [9.17, 15) is 13.0 Å². The van der Waals surface area contributed by atoms with Crippen molar-refractivity contribution in [3.63, 3.8) is 0 Å². The molecule has 53 heavy (non-hydrogen) atoms. The molecule has 0 atom stereocenters. The molecule has 6 heteroatoms. The van der Waals surface area contributed by atoms with Gasteiger partial charge in [0.05, 0.1) is 4.90 Å². The molecule has 0 aliphatic rings. The Balaban J connectivity index is 2.57. The van der Waals surface area contributed by atoms with Gasteiger partial charge >= 0.3 is 0 Å². The highest BCUT2D eigenvalue weighted by atomic mass is 32.2. The van der Waals surface area contributed by atoms with Crippen LogP contribution in [0.25, 0.3) is 0 Å². The van der Waals surface area contributed by atoms with Crippen LogP contribution in [0, 0.1) is 0 Å². The van der Waals surface area contributed by atoms with Crippen molar-refractivity contribution in [1.82, 2.24) is 0 Å². The van der Waals surface area contributed by atoms with Gasteiger partial charge in [-0.15, -0.1) is 0 Å². The zero-order valence-corrected chi connectivity index (χ0v) is 36.4. The normalized spacial score (nSPS) is 12.3. The van der Waals surface area contributed by atoms with Crippen LogP contribution in [0.15, 0.2) is 53.4 Å². The van der Waals surface area contributed by atoms with Crippen LogP contribution in [0.4, 0.5) is 11.4 Å². The van der Waals surface area contributed by atoms with Crippen molar-refractivity contribution >= 4 is 21.5 Å². The van der Waals surface area contributed by atoms with Crippen LogP contribution >= 0.6 is 0 Å². The zero-order valence-electron chi connectivity index (χ0n) is 35.6. The van der Waals surface area contributed by atoms with E-state index in [0.717, 1.165) is 88.7 Å². The molecule has 3 aromatic carbocycles. The fourth-order valence-electron chi connectivity index (χ4n) is 7.80. The van der Waals surface area contributed by atoms with Crippen LogP contribution < -0.4 is 9.80 Å². The highest BCUT2D eigenvalue weighted by Crippen LogP contribution is 2.46. The Labute approximate surface area is 325 Å². The maximum Gasteiger partial charge on any atom is 0.294 e. The zero-order chi connectivity index (χ0) is 39.5. The summed E-state index contributed by atoms with van der Waals surface area (Å²) in [5.74, 6) is 0.639. The Morgan fingerprint density at radius 2 is 0.811 bits per heavy atom. The molecule has 0 saturated carbocycles. The molecule has 0 amide bonds. The minimum Gasteiger partial charge on any atom is -0.371 e. The van der Waals surface area contributed by atoms with Gasteiger partial charge in [0.1, 0.15) is 0 Å². The third-order valence-electron chi connectivity index (χ3n) is 10.8. The summed E-state index contributed by atoms with van der Waals surface area (Å²) in [6.07, 6.45) is 9.13. The lowest BCUT2D eigenvalue weighted by Gasteiger charge is -2.35. The number of unbranched alkanes of at least 4 members (excludes halogenated alkanes) is 4. The molecule has 296 valence electrons. The number of benzene rings is 3. The number of anilines is 2. The van der Waals surface area contributed by atoms with E-state index in [0.29, 0.717) is 5.56 Å². The summed E-state index contributed by atoms with van der Waals surface area (Å²) < 4.78 is 37.0. The summed E-state index contributed by atoms with van der Waals surface area (Å²) in [6.45, 7) is 31.4. The Kier molecular flexibility index (Phi) is 17.4. The Hall–Kier alpha value is -2.83. The molecule has 5 nitrogen and oxygen atoms in total. The van der Waals surface area contributed by atoms with E-state index < -0.39 is 16.0 Å². The summed E-state index contributed by atoms with van der Waals surface area (Å²) in [7, 11) is -4.50. The van der Waals surface area contributed by atoms with Crippen LogP contribution in [0.2, 0.25) is 0 Å².